The maximum absolute atomic E-state index is 13.3. The van der Waals surface area contributed by atoms with Crippen molar-refractivity contribution in [3.8, 4) is 0 Å². The van der Waals surface area contributed by atoms with E-state index in [1.165, 1.54) is 36.2 Å². The highest BCUT2D eigenvalue weighted by atomic mass is 35.5. The number of likely N-dealkylation sites (N-methyl/N-ethyl adjacent to an activating group) is 1. The van der Waals surface area contributed by atoms with Gasteiger partial charge in [0.15, 0.2) is 0 Å². The molecule has 0 bridgehead atoms. The first-order chi connectivity index (χ1) is 15.8. The lowest BCUT2D eigenvalue weighted by Crippen LogP contribution is -2.51. The number of amides is 2. The molecule has 34 heavy (non-hydrogen) atoms. The number of halogens is 3. The van der Waals surface area contributed by atoms with E-state index in [0.29, 0.717) is 27.2 Å². The first kappa shape index (κ1) is 28.4. The highest BCUT2D eigenvalue weighted by Crippen LogP contribution is 2.24. The van der Waals surface area contributed by atoms with Crippen molar-refractivity contribution in [2.45, 2.75) is 38.3 Å². The molecule has 0 spiro atoms. The van der Waals surface area contributed by atoms with Crippen molar-refractivity contribution in [2.75, 3.05) is 20.1 Å². The standard InChI is InChI=1S/C23H28Cl3N3O4S/c1-15(2)12-27-23(31)16(3)29(13-17-5-6-19(25)11-21(17)26)22(30)14-28(4)34(32,33)20-9-7-18(24)8-10-20/h5-11,15-16H,12-14H2,1-4H3,(H,27,31). The van der Waals surface area contributed by atoms with Crippen LogP contribution < -0.4 is 5.32 Å². The van der Waals surface area contributed by atoms with Crippen LogP contribution in [-0.2, 0) is 26.2 Å². The summed E-state index contributed by atoms with van der Waals surface area (Å²) in [5.41, 5.74) is 0.575. The summed E-state index contributed by atoms with van der Waals surface area (Å²) in [5, 5.41) is 3.97. The van der Waals surface area contributed by atoms with Gasteiger partial charge in [-0.1, -0.05) is 54.7 Å². The Morgan fingerprint density at radius 2 is 1.56 bits per heavy atom. The molecule has 0 fully saturated rings. The number of sulfonamides is 1. The van der Waals surface area contributed by atoms with Gasteiger partial charge in [0, 0.05) is 35.2 Å². The van der Waals surface area contributed by atoms with Crippen LogP contribution in [0.4, 0.5) is 0 Å². The van der Waals surface area contributed by atoms with Crippen molar-refractivity contribution in [1.29, 1.82) is 0 Å². The van der Waals surface area contributed by atoms with Crippen LogP contribution >= 0.6 is 34.8 Å². The second-order valence-electron chi connectivity index (χ2n) is 8.29. The molecule has 2 aromatic carbocycles. The van der Waals surface area contributed by atoms with Crippen LogP contribution in [-0.4, -0.2) is 55.6 Å². The number of rotatable bonds is 10. The molecule has 0 heterocycles. The molecule has 1 unspecified atom stereocenters. The average Bonchev–Trinajstić information content (AvgIpc) is 2.76. The van der Waals surface area contributed by atoms with Crippen molar-refractivity contribution in [3.05, 3.63) is 63.1 Å². The van der Waals surface area contributed by atoms with Crippen molar-refractivity contribution in [3.63, 3.8) is 0 Å². The van der Waals surface area contributed by atoms with Gasteiger partial charge in [0.05, 0.1) is 11.4 Å². The molecule has 0 saturated carbocycles. The van der Waals surface area contributed by atoms with Crippen LogP contribution in [0.1, 0.15) is 26.3 Å². The summed E-state index contributed by atoms with van der Waals surface area (Å²) in [6.45, 7) is 5.47. The van der Waals surface area contributed by atoms with Gasteiger partial charge in [0.25, 0.3) is 0 Å². The lowest BCUT2D eigenvalue weighted by Gasteiger charge is -2.30. The minimum absolute atomic E-state index is 0.0000661. The third-order valence-electron chi connectivity index (χ3n) is 5.09. The molecule has 7 nitrogen and oxygen atoms in total. The normalized spacial score (nSPS) is 12.6. The Morgan fingerprint density at radius 1 is 0.971 bits per heavy atom. The van der Waals surface area contributed by atoms with Gasteiger partial charge < -0.3 is 10.2 Å². The van der Waals surface area contributed by atoms with E-state index >= 15 is 0 Å². The van der Waals surface area contributed by atoms with Gasteiger partial charge in [-0.3, -0.25) is 9.59 Å². The molecular weight excluding hydrogens is 521 g/mol. The third kappa shape index (κ3) is 7.58. The highest BCUT2D eigenvalue weighted by Gasteiger charge is 2.30. The molecule has 1 atom stereocenters. The van der Waals surface area contributed by atoms with Crippen molar-refractivity contribution < 1.29 is 18.0 Å². The zero-order chi connectivity index (χ0) is 25.6. The van der Waals surface area contributed by atoms with Gasteiger partial charge in [0.1, 0.15) is 6.04 Å². The van der Waals surface area contributed by atoms with Crippen molar-refractivity contribution >= 4 is 56.6 Å². The smallest absolute Gasteiger partial charge is 0.243 e. The van der Waals surface area contributed by atoms with Gasteiger partial charge in [-0.25, -0.2) is 8.42 Å². The van der Waals surface area contributed by atoms with E-state index in [0.717, 1.165) is 4.31 Å². The number of carbonyl (C=O) groups excluding carboxylic acids is 2. The van der Waals surface area contributed by atoms with Crippen LogP contribution in [0.5, 0.6) is 0 Å². The molecule has 1 N–H and O–H groups in total. The predicted molar refractivity (Wildman–Crippen MR) is 136 cm³/mol. The van der Waals surface area contributed by atoms with Crippen LogP contribution in [0.3, 0.4) is 0 Å². The zero-order valence-electron chi connectivity index (χ0n) is 19.4. The summed E-state index contributed by atoms with van der Waals surface area (Å²) in [6.07, 6.45) is 0. The van der Waals surface area contributed by atoms with Gasteiger partial charge >= 0.3 is 0 Å². The summed E-state index contributed by atoms with van der Waals surface area (Å²) in [6, 6.07) is 9.62. The number of carbonyl (C=O) groups is 2. The number of hydrogen-bond acceptors (Lipinski definition) is 4. The molecule has 0 saturated heterocycles. The average molecular weight is 549 g/mol. The van der Waals surface area contributed by atoms with Crippen molar-refractivity contribution in [1.82, 2.24) is 14.5 Å². The lowest BCUT2D eigenvalue weighted by atomic mass is 10.1. The molecule has 0 aliphatic heterocycles. The first-order valence-electron chi connectivity index (χ1n) is 10.6. The first-order valence-corrected chi connectivity index (χ1v) is 13.1. The SMILES string of the molecule is CC(C)CNC(=O)C(C)N(Cc1ccc(Cl)cc1Cl)C(=O)CN(C)S(=O)(=O)c1ccc(Cl)cc1. The van der Waals surface area contributed by atoms with Gasteiger partial charge in [-0.15, -0.1) is 0 Å². The monoisotopic (exact) mass is 547 g/mol. The molecular formula is C23H28Cl3N3O4S. The highest BCUT2D eigenvalue weighted by molar-refractivity contribution is 7.89. The van der Waals surface area contributed by atoms with Gasteiger partial charge in [-0.05, 0) is 54.8 Å². The summed E-state index contributed by atoms with van der Waals surface area (Å²) in [5.74, 6) is -0.685. The summed E-state index contributed by atoms with van der Waals surface area (Å²) in [7, 11) is -2.65. The van der Waals surface area contributed by atoms with E-state index in [1.54, 1.807) is 25.1 Å². The number of hydrogen-bond donors (Lipinski definition) is 1. The molecule has 2 rings (SSSR count). The predicted octanol–water partition coefficient (Wildman–Crippen LogP) is 4.46. The fraction of sp³-hybridized carbons (Fsp3) is 0.391. The van der Waals surface area contributed by atoms with Gasteiger partial charge in [0.2, 0.25) is 21.8 Å². The van der Waals surface area contributed by atoms with Gasteiger partial charge in [-0.2, -0.15) is 4.31 Å². The molecule has 2 amide bonds. The largest absolute Gasteiger partial charge is 0.354 e. The van der Waals surface area contributed by atoms with E-state index in [4.69, 9.17) is 34.8 Å². The summed E-state index contributed by atoms with van der Waals surface area (Å²) >= 11 is 18.1. The number of nitrogens with one attached hydrogen (secondary N) is 1. The minimum Gasteiger partial charge on any atom is -0.354 e. The third-order valence-corrected chi connectivity index (χ3v) is 7.74. The second-order valence-corrected chi connectivity index (χ2v) is 11.6. The van der Waals surface area contributed by atoms with E-state index in [1.807, 2.05) is 13.8 Å². The Hall–Kier alpha value is -1.84. The molecule has 2 aromatic rings. The van der Waals surface area contributed by atoms with E-state index in [9.17, 15) is 18.0 Å². The Kier molecular flexibility index (Phi) is 10.2. The van der Waals surface area contributed by atoms with E-state index < -0.39 is 28.5 Å². The molecule has 186 valence electrons. The zero-order valence-corrected chi connectivity index (χ0v) is 22.5. The quantitative estimate of drug-likeness (QED) is 0.475. The Balaban J connectivity index is 2.29. The Labute approximate surface area is 216 Å². The van der Waals surface area contributed by atoms with Crippen LogP contribution in [0.15, 0.2) is 47.4 Å². The van der Waals surface area contributed by atoms with E-state index in [-0.39, 0.29) is 23.3 Å². The molecule has 0 radical (unpaired) electrons. The van der Waals surface area contributed by atoms with Crippen molar-refractivity contribution in [2.24, 2.45) is 5.92 Å². The van der Waals surface area contributed by atoms with Crippen LogP contribution in [0.25, 0.3) is 0 Å². The molecule has 0 aliphatic rings. The minimum atomic E-state index is -3.96. The van der Waals surface area contributed by atoms with Crippen LogP contribution in [0.2, 0.25) is 15.1 Å². The Morgan fingerprint density at radius 3 is 2.12 bits per heavy atom. The maximum atomic E-state index is 13.3. The molecule has 0 aliphatic carbocycles. The topological polar surface area (TPSA) is 86.8 Å². The van der Waals surface area contributed by atoms with Crippen LogP contribution in [0, 0.1) is 5.92 Å². The molecule has 0 aromatic heterocycles. The number of nitrogens with zero attached hydrogens (tertiary/aromatic N) is 2. The maximum Gasteiger partial charge on any atom is 0.243 e. The van der Waals surface area contributed by atoms with E-state index in [2.05, 4.69) is 5.32 Å². The number of benzene rings is 2. The summed E-state index contributed by atoms with van der Waals surface area (Å²) < 4.78 is 26.8. The summed E-state index contributed by atoms with van der Waals surface area (Å²) in [4.78, 5) is 27.4. The Bertz CT molecular complexity index is 1120. The fourth-order valence-corrected chi connectivity index (χ4v) is 4.74. The fourth-order valence-electron chi connectivity index (χ4n) is 3.02. The molecule has 11 heteroatoms. The lowest BCUT2D eigenvalue weighted by molar-refractivity contribution is -0.140. The second kappa shape index (κ2) is 12.2.